The van der Waals surface area contributed by atoms with E-state index in [1.54, 1.807) is 31.2 Å². The third kappa shape index (κ3) is 5.94. The van der Waals surface area contributed by atoms with Crippen molar-refractivity contribution in [3.63, 3.8) is 0 Å². The molecule has 0 bridgehead atoms. The van der Waals surface area contributed by atoms with Gasteiger partial charge in [0.05, 0.1) is 25.9 Å². The number of ketones is 1. The molecule has 0 heterocycles. The maximum absolute atomic E-state index is 12.5. The molecule has 0 saturated heterocycles. The van der Waals surface area contributed by atoms with Gasteiger partial charge in [0.1, 0.15) is 5.75 Å². The van der Waals surface area contributed by atoms with Gasteiger partial charge in [0.2, 0.25) is 0 Å². The van der Waals surface area contributed by atoms with Crippen molar-refractivity contribution in [2.75, 3.05) is 20.0 Å². The van der Waals surface area contributed by atoms with Crippen LogP contribution in [0.25, 0.3) is 0 Å². The van der Waals surface area contributed by atoms with Crippen LogP contribution in [0.2, 0.25) is 0 Å². The molecule has 0 aliphatic carbocycles. The molecule has 0 aliphatic rings. The minimum atomic E-state index is -1.05. The van der Waals surface area contributed by atoms with E-state index in [2.05, 4.69) is 4.74 Å². The summed E-state index contributed by atoms with van der Waals surface area (Å²) in [6.07, 6.45) is -0.286. The van der Waals surface area contributed by atoms with Crippen LogP contribution in [0.15, 0.2) is 24.3 Å². The van der Waals surface area contributed by atoms with Gasteiger partial charge in [-0.1, -0.05) is 0 Å². The van der Waals surface area contributed by atoms with Crippen molar-refractivity contribution in [3.8, 4) is 5.75 Å². The molecule has 1 aromatic rings. The minimum Gasteiger partial charge on any atom is -0.497 e. The van der Waals surface area contributed by atoms with E-state index in [1.807, 2.05) is 0 Å². The number of carboxylic acid groups (broad SMARTS) is 1. The highest BCUT2D eigenvalue weighted by molar-refractivity contribution is 8.00. The van der Waals surface area contributed by atoms with Gasteiger partial charge in [-0.05, 0) is 31.2 Å². The molecule has 7 heteroatoms. The Labute approximate surface area is 139 Å². The first-order valence-corrected chi connectivity index (χ1v) is 8.03. The Balaban J connectivity index is 2.81. The van der Waals surface area contributed by atoms with Crippen LogP contribution in [0.4, 0.5) is 0 Å². The summed E-state index contributed by atoms with van der Waals surface area (Å²) >= 11 is 1.21. The molecule has 1 aromatic carbocycles. The van der Waals surface area contributed by atoms with E-state index >= 15 is 0 Å². The Kier molecular flexibility index (Phi) is 7.61. The molecule has 2 unspecified atom stereocenters. The van der Waals surface area contributed by atoms with Crippen LogP contribution < -0.4 is 4.74 Å². The molecule has 6 nitrogen and oxygen atoms in total. The molecular weight excluding hydrogens is 320 g/mol. The van der Waals surface area contributed by atoms with Gasteiger partial charge >= 0.3 is 11.9 Å². The fourth-order valence-corrected chi connectivity index (χ4v) is 2.95. The Morgan fingerprint density at radius 3 is 2.26 bits per heavy atom. The van der Waals surface area contributed by atoms with E-state index in [4.69, 9.17) is 9.84 Å². The van der Waals surface area contributed by atoms with Crippen molar-refractivity contribution in [1.29, 1.82) is 0 Å². The summed E-state index contributed by atoms with van der Waals surface area (Å²) in [5.41, 5.74) is 0.420. The number of hydrogen-bond donors (Lipinski definition) is 1. The summed E-state index contributed by atoms with van der Waals surface area (Å²) in [5, 5.41) is 8.55. The van der Waals surface area contributed by atoms with Gasteiger partial charge in [-0.3, -0.25) is 14.4 Å². The third-order valence-electron chi connectivity index (χ3n) is 3.25. The third-order valence-corrected chi connectivity index (χ3v) is 4.53. The van der Waals surface area contributed by atoms with E-state index in [0.717, 1.165) is 0 Å². The number of benzene rings is 1. The Morgan fingerprint density at radius 2 is 1.78 bits per heavy atom. The second kappa shape index (κ2) is 9.19. The molecular formula is C16H20O6S. The maximum Gasteiger partial charge on any atom is 0.318 e. The molecule has 1 N–H and O–H groups in total. The first-order chi connectivity index (χ1) is 10.9. The molecule has 1 rings (SSSR count). The lowest BCUT2D eigenvalue weighted by atomic mass is 9.96. The number of carbonyl (C=O) groups is 3. The summed E-state index contributed by atoms with van der Waals surface area (Å²) in [4.78, 5) is 34.9. The summed E-state index contributed by atoms with van der Waals surface area (Å²) in [6.45, 7) is 1.66. The average Bonchev–Trinajstić information content (AvgIpc) is 2.56. The van der Waals surface area contributed by atoms with Crippen molar-refractivity contribution in [1.82, 2.24) is 0 Å². The molecule has 2 atom stereocenters. The molecule has 0 aliphatic heterocycles. The van der Waals surface area contributed by atoms with Crippen molar-refractivity contribution in [2.45, 2.75) is 18.6 Å². The number of ether oxygens (including phenoxy) is 2. The second-order valence-corrected chi connectivity index (χ2v) is 6.26. The molecule has 0 radical (unpaired) electrons. The van der Waals surface area contributed by atoms with Crippen molar-refractivity contribution < 1.29 is 29.0 Å². The predicted molar refractivity (Wildman–Crippen MR) is 87.0 cm³/mol. The van der Waals surface area contributed by atoms with Crippen molar-refractivity contribution >= 4 is 29.5 Å². The molecule has 0 amide bonds. The van der Waals surface area contributed by atoms with Gasteiger partial charge in [-0.25, -0.2) is 0 Å². The second-order valence-electron chi connectivity index (χ2n) is 4.89. The summed E-state index contributed by atoms with van der Waals surface area (Å²) in [5.74, 6) is -1.58. The van der Waals surface area contributed by atoms with E-state index in [-0.39, 0.29) is 18.0 Å². The van der Waals surface area contributed by atoms with Gasteiger partial charge in [0.25, 0.3) is 0 Å². The maximum atomic E-state index is 12.5. The number of Topliss-reactive ketones (excluding diaryl/α,β-unsaturated/α-hetero) is 1. The zero-order chi connectivity index (χ0) is 17.4. The molecule has 23 heavy (non-hydrogen) atoms. The largest absolute Gasteiger partial charge is 0.497 e. The van der Waals surface area contributed by atoms with E-state index in [9.17, 15) is 14.4 Å². The van der Waals surface area contributed by atoms with Gasteiger partial charge in [-0.15, -0.1) is 11.8 Å². The Morgan fingerprint density at radius 1 is 1.17 bits per heavy atom. The van der Waals surface area contributed by atoms with Crippen LogP contribution in [0.5, 0.6) is 5.75 Å². The van der Waals surface area contributed by atoms with E-state index < -0.39 is 23.1 Å². The lowest BCUT2D eigenvalue weighted by Gasteiger charge is -2.16. The number of methoxy groups -OCH3 is 2. The highest BCUT2D eigenvalue weighted by Crippen LogP contribution is 2.23. The summed E-state index contributed by atoms with van der Waals surface area (Å²) in [6, 6.07) is 6.50. The number of aliphatic carboxylic acids is 1. The lowest BCUT2D eigenvalue weighted by Crippen LogP contribution is -2.24. The first kappa shape index (κ1) is 19.0. The summed E-state index contributed by atoms with van der Waals surface area (Å²) < 4.78 is 9.65. The van der Waals surface area contributed by atoms with Gasteiger partial charge < -0.3 is 14.6 Å². The monoisotopic (exact) mass is 340 g/mol. The van der Waals surface area contributed by atoms with Crippen LogP contribution in [-0.4, -0.2) is 48.1 Å². The van der Waals surface area contributed by atoms with Crippen LogP contribution in [0.3, 0.4) is 0 Å². The van der Waals surface area contributed by atoms with Gasteiger partial charge in [0.15, 0.2) is 5.78 Å². The topological polar surface area (TPSA) is 89.9 Å². The zero-order valence-corrected chi connectivity index (χ0v) is 14.1. The van der Waals surface area contributed by atoms with Crippen LogP contribution in [0.1, 0.15) is 23.7 Å². The highest BCUT2D eigenvalue weighted by Gasteiger charge is 2.25. The number of carboxylic acids is 1. The highest BCUT2D eigenvalue weighted by atomic mass is 32.2. The quantitative estimate of drug-likeness (QED) is 0.545. The number of thioether (sulfide) groups is 1. The summed E-state index contributed by atoms with van der Waals surface area (Å²) in [7, 11) is 2.81. The van der Waals surface area contributed by atoms with Crippen LogP contribution >= 0.6 is 11.8 Å². The minimum absolute atomic E-state index is 0.230. The Hall–Kier alpha value is -2.02. The normalized spacial score (nSPS) is 13.0. The molecule has 0 saturated carbocycles. The number of hydrogen-bond acceptors (Lipinski definition) is 6. The predicted octanol–water partition coefficient (Wildman–Crippen LogP) is 2.26. The number of carbonyl (C=O) groups excluding carboxylic acids is 2. The fourth-order valence-electron chi connectivity index (χ4n) is 1.92. The van der Waals surface area contributed by atoms with E-state index in [1.165, 1.54) is 26.0 Å². The molecule has 126 valence electrons. The fraction of sp³-hybridized carbons (Fsp3) is 0.438. The number of esters is 1. The van der Waals surface area contributed by atoms with Gasteiger partial charge in [-0.2, -0.15) is 0 Å². The van der Waals surface area contributed by atoms with E-state index in [0.29, 0.717) is 11.3 Å². The van der Waals surface area contributed by atoms with Crippen molar-refractivity contribution in [3.05, 3.63) is 29.8 Å². The van der Waals surface area contributed by atoms with Crippen molar-refractivity contribution in [2.24, 2.45) is 5.92 Å². The molecule has 0 aromatic heterocycles. The lowest BCUT2D eigenvalue weighted by molar-refractivity contribution is -0.139. The van der Waals surface area contributed by atoms with Gasteiger partial charge in [0, 0.05) is 17.2 Å². The SMILES string of the molecule is COC(=O)C(C)SCC(CC(=O)O)C(=O)c1ccc(OC)cc1. The zero-order valence-electron chi connectivity index (χ0n) is 13.3. The van der Waals surface area contributed by atoms with Crippen LogP contribution in [-0.2, 0) is 14.3 Å². The number of rotatable bonds is 9. The smallest absolute Gasteiger partial charge is 0.318 e. The average molecular weight is 340 g/mol. The molecule has 0 fully saturated rings. The standard InChI is InChI=1S/C16H20O6S/c1-10(16(20)22-3)23-9-12(8-14(17)18)15(19)11-4-6-13(21-2)7-5-11/h4-7,10,12H,8-9H2,1-3H3,(H,17,18). The first-order valence-electron chi connectivity index (χ1n) is 6.98. The molecule has 0 spiro atoms. The Bertz CT molecular complexity index is 554. The van der Waals surface area contributed by atoms with Crippen LogP contribution in [0, 0.1) is 5.92 Å².